The van der Waals surface area contributed by atoms with Gasteiger partial charge in [-0.3, -0.25) is 9.36 Å². The Bertz CT molecular complexity index is 747. The second-order valence-electron chi connectivity index (χ2n) is 5.04. The zero-order valence-electron chi connectivity index (χ0n) is 10.6. The number of nitrogens with zero attached hydrogens (tertiary/aromatic N) is 2. The van der Waals surface area contributed by atoms with Crippen LogP contribution in [0.1, 0.15) is 12.5 Å². The molecule has 6 nitrogen and oxygen atoms in total. The third-order valence-corrected chi connectivity index (χ3v) is 3.64. The van der Waals surface area contributed by atoms with Gasteiger partial charge in [-0.15, -0.1) is 0 Å². The number of H-pyrrole nitrogens is 1. The molecular weight excluding hydrogens is 246 g/mol. The molecule has 100 valence electrons. The van der Waals surface area contributed by atoms with Crippen LogP contribution >= 0.6 is 0 Å². The van der Waals surface area contributed by atoms with Crippen molar-refractivity contribution in [3.05, 3.63) is 39.0 Å². The highest BCUT2D eigenvalue weighted by atomic mass is 16.3. The van der Waals surface area contributed by atoms with Crippen molar-refractivity contribution in [2.45, 2.75) is 12.5 Å². The highest BCUT2D eigenvalue weighted by Gasteiger charge is 2.24. The summed E-state index contributed by atoms with van der Waals surface area (Å²) in [5, 5.41) is 9.81. The highest BCUT2D eigenvalue weighted by Crippen LogP contribution is 2.18. The van der Waals surface area contributed by atoms with Crippen LogP contribution in [-0.2, 0) is 0 Å². The van der Waals surface area contributed by atoms with E-state index in [1.54, 1.807) is 0 Å². The fourth-order valence-corrected chi connectivity index (χ4v) is 2.67. The number of benzene rings is 1. The van der Waals surface area contributed by atoms with Crippen LogP contribution in [0.25, 0.3) is 10.9 Å². The smallest absolute Gasteiger partial charge is 0.329 e. The monoisotopic (exact) mass is 261 g/mol. The van der Waals surface area contributed by atoms with Crippen LogP contribution in [0, 0.1) is 0 Å². The zero-order valence-corrected chi connectivity index (χ0v) is 10.6. The summed E-state index contributed by atoms with van der Waals surface area (Å²) in [6.07, 6.45) is 0.795. The van der Waals surface area contributed by atoms with Crippen molar-refractivity contribution in [2.24, 2.45) is 0 Å². The normalized spacial score (nSPS) is 20.2. The number of phenols is 1. The quantitative estimate of drug-likeness (QED) is 0.772. The van der Waals surface area contributed by atoms with Crippen molar-refractivity contribution < 1.29 is 5.11 Å². The minimum Gasteiger partial charge on any atom is -0.508 e. The van der Waals surface area contributed by atoms with Crippen LogP contribution in [0.2, 0.25) is 0 Å². The van der Waals surface area contributed by atoms with Crippen LogP contribution in [0.15, 0.2) is 27.8 Å². The first-order chi connectivity index (χ1) is 9.06. The molecular formula is C13H15N3O3. The van der Waals surface area contributed by atoms with Gasteiger partial charge in [-0.05, 0) is 32.1 Å². The van der Waals surface area contributed by atoms with Crippen LogP contribution < -0.4 is 11.2 Å². The number of hydrogen-bond acceptors (Lipinski definition) is 4. The van der Waals surface area contributed by atoms with Gasteiger partial charge >= 0.3 is 5.69 Å². The maximum absolute atomic E-state index is 12.4. The third kappa shape index (κ3) is 1.94. The first-order valence-corrected chi connectivity index (χ1v) is 6.22. The zero-order chi connectivity index (χ0) is 13.6. The molecule has 0 amide bonds. The molecule has 1 aliphatic rings. The largest absolute Gasteiger partial charge is 0.508 e. The lowest BCUT2D eigenvalue weighted by atomic mass is 10.2. The summed E-state index contributed by atoms with van der Waals surface area (Å²) in [4.78, 5) is 29.2. The Balaban J connectivity index is 2.23. The molecule has 1 saturated heterocycles. The third-order valence-electron chi connectivity index (χ3n) is 3.64. The Morgan fingerprint density at radius 2 is 2.16 bits per heavy atom. The van der Waals surface area contributed by atoms with E-state index >= 15 is 0 Å². The number of phenolic OH excluding ortho intramolecular Hbond substituents is 1. The first kappa shape index (κ1) is 12.0. The molecule has 1 aliphatic heterocycles. The van der Waals surface area contributed by atoms with Crippen molar-refractivity contribution in [3.63, 3.8) is 0 Å². The van der Waals surface area contributed by atoms with Crippen LogP contribution in [0.4, 0.5) is 0 Å². The average molecular weight is 261 g/mol. The van der Waals surface area contributed by atoms with Gasteiger partial charge in [0, 0.05) is 12.6 Å². The van der Waals surface area contributed by atoms with Gasteiger partial charge in [0.15, 0.2) is 0 Å². The number of rotatable bonds is 1. The molecule has 1 atom stereocenters. The molecule has 1 aromatic carbocycles. The highest BCUT2D eigenvalue weighted by molar-refractivity contribution is 5.78. The molecule has 6 heteroatoms. The average Bonchev–Trinajstić information content (AvgIpc) is 2.75. The molecule has 19 heavy (non-hydrogen) atoms. The predicted octanol–water partition coefficient (Wildman–Crippen LogP) is 0.272. The van der Waals surface area contributed by atoms with Gasteiger partial charge in [0.25, 0.3) is 5.56 Å². The molecule has 0 spiro atoms. The van der Waals surface area contributed by atoms with Gasteiger partial charge in [0.05, 0.1) is 16.9 Å². The van der Waals surface area contributed by atoms with Crippen LogP contribution in [-0.4, -0.2) is 39.7 Å². The van der Waals surface area contributed by atoms with Crippen molar-refractivity contribution in [3.8, 4) is 5.75 Å². The van der Waals surface area contributed by atoms with Gasteiger partial charge < -0.3 is 15.0 Å². The Morgan fingerprint density at radius 3 is 2.84 bits per heavy atom. The number of hydrogen-bond donors (Lipinski definition) is 2. The summed E-state index contributed by atoms with van der Waals surface area (Å²) in [5.41, 5.74) is -0.333. The number of aromatic amines is 1. The maximum Gasteiger partial charge on any atom is 0.329 e. The van der Waals surface area contributed by atoms with E-state index in [1.165, 1.54) is 22.8 Å². The fourth-order valence-electron chi connectivity index (χ4n) is 2.67. The summed E-state index contributed by atoms with van der Waals surface area (Å²) in [5.74, 6) is 0.0286. The van der Waals surface area contributed by atoms with E-state index in [4.69, 9.17) is 0 Å². The van der Waals surface area contributed by atoms with Crippen LogP contribution in [0.5, 0.6) is 5.75 Å². The molecule has 1 fully saturated rings. The Labute approximate surface area is 108 Å². The molecule has 1 aromatic heterocycles. The molecule has 2 heterocycles. The predicted molar refractivity (Wildman–Crippen MR) is 71.6 cm³/mol. The molecule has 0 radical (unpaired) electrons. The number of nitrogens with one attached hydrogen (secondary N) is 1. The van der Waals surface area contributed by atoms with Crippen LogP contribution in [0.3, 0.4) is 0 Å². The topological polar surface area (TPSA) is 78.3 Å². The minimum absolute atomic E-state index is 0.0286. The minimum atomic E-state index is -0.414. The second-order valence-corrected chi connectivity index (χ2v) is 5.04. The Kier molecular flexibility index (Phi) is 2.67. The Hall–Kier alpha value is -2.08. The van der Waals surface area contributed by atoms with Gasteiger partial charge in [-0.2, -0.15) is 0 Å². The first-order valence-electron chi connectivity index (χ1n) is 6.22. The van der Waals surface area contributed by atoms with E-state index in [0.29, 0.717) is 17.4 Å². The van der Waals surface area contributed by atoms with E-state index in [1.807, 2.05) is 7.05 Å². The van der Waals surface area contributed by atoms with E-state index in [0.717, 1.165) is 13.0 Å². The fraction of sp³-hybridized carbons (Fsp3) is 0.385. The summed E-state index contributed by atoms with van der Waals surface area (Å²) in [7, 11) is 1.97. The Morgan fingerprint density at radius 1 is 1.37 bits per heavy atom. The summed E-state index contributed by atoms with van der Waals surface area (Å²) >= 11 is 0. The lowest BCUT2D eigenvalue weighted by molar-refractivity contribution is 0.386. The van der Waals surface area contributed by atoms with Crippen molar-refractivity contribution in [2.75, 3.05) is 20.1 Å². The molecule has 2 N–H and O–H groups in total. The van der Waals surface area contributed by atoms with Gasteiger partial charge in [-0.1, -0.05) is 0 Å². The summed E-state index contributed by atoms with van der Waals surface area (Å²) in [6, 6.07) is 4.30. The van der Waals surface area contributed by atoms with E-state index in [9.17, 15) is 14.7 Å². The second kappa shape index (κ2) is 4.24. The SMILES string of the molecule is CN1CCC(n2c(=O)[nH]c3cc(O)ccc3c2=O)C1. The van der Waals surface area contributed by atoms with Gasteiger partial charge in [0.1, 0.15) is 5.75 Å². The number of fused-ring (bicyclic) bond motifs is 1. The lowest BCUT2D eigenvalue weighted by Crippen LogP contribution is -2.38. The molecule has 0 bridgehead atoms. The molecule has 1 unspecified atom stereocenters. The van der Waals surface area contributed by atoms with Gasteiger partial charge in [-0.25, -0.2) is 4.79 Å². The van der Waals surface area contributed by atoms with Crippen molar-refractivity contribution in [1.82, 2.24) is 14.5 Å². The van der Waals surface area contributed by atoms with Crippen molar-refractivity contribution in [1.29, 1.82) is 0 Å². The number of likely N-dealkylation sites (tertiary alicyclic amines) is 1. The van der Waals surface area contributed by atoms with Crippen molar-refractivity contribution >= 4 is 10.9 Å². The molecule has 0 saturated carbocycles. The van der Waals surface area contributed by atoms with E-state index in [-0.39, 0.29) is 17.4 Å². The standard InChI is InChI=1S/C13H15N3O3/c1-15-5-4-8(7-15)16-12(18)10-3-2-9(17)6-11(10)14-13(16)19/h2-3,6,8,17H,4-5,7H2,1H3,(H,14,19). The summed E-state index contributed by atoms with van der Waals surface area (Å²) < 4.78 is 1.29. The maximum atomic E-state index is 12.4. The molecule has 2 aromatic rings. The molecule has 3 rings (SSSR count). The van der Waals surface area contributed by atoms with E-state index in [2.05, 4.69) is 9.88 Å². The van der Waals surface area contributed by atoms with E-state index < -0.39 is 5.69 Å². The number of likely N-dealkylation sites (N-methyl/N-ethyl adjacent to an activating group) is 1. The number of aromatic nitrogens is 2. The lowest BCUT2D eigenvalue weighted by Gasteiger charge is -2.13. The molecule has 0 aliphatic carbocycles. The van der Waals surface area contributed by atoms with Gasteiger partial charge in [0.2, 0.25) is 0 Å². The summed E-state index contributed by atoms with van der Waals surface area (Å²) in [6.45, 7) is 1.58. The number of aromatic hydroxyl groups is 1.